The van der Waals surface area contributed by atoms with Gasteiger partial charge in [-0.1, -0.05) is 96.1 Å². The average molecular weight is 462 g/mol. The van der Waals surface area contributed by atoms with Gasteiger partial charge in [0.05, 0.1) is 12.2 Å². The number of hydrogen-bond donors (Lipinski definition) is 1. The highest BCUT2D eigenvalue weighted by Gasteiger charge is 2.38. The number of quaternary nitrogens is 1. The van der Waals surface area contributed by atoms with Crippen LogP contribution >= 0.6 is 0 Å². The Bertz CT molecular complexity index is 598. The van der Waals surface area contributed by atoms with Gasteiger partial charge in [0.2, 0.25) is 5.84 Å². The lowest BCUT2D eigenvalue weighted by atomic mass is 10.1. The molecule has 5 heteroatoms. The molecule has 2 unspecified atom stereocenters. The highest BCUT2D eigenvalue weighted by atomic mass is 16.4. The molecule has 2 atom stereocenters. The Balaban J connectivity index is 1.95. The zero-order valence-corrected chi connectivity index (χ0v) is 21.6. The quantitative estimate of drug-likeness (QED) is 0.116. The third kappa shape index (κ3) is 13.1. The SMILES string of the molecule is CCCCCCCCCCCC/C=C/CCCCCCCC1=NC=C[N+]1(CC(=O)[O-])C(C)N. The molecule has 0 aromatic rings. The number of rotatable bonds is 22. The Kier molecular flexibility index (Phi) is 16.9. The van der Waals surface area contributed by atoms with Crippen molar-refractivity contribution >= 4 is 11.8 Å². The number of carboxylic acid groups (broad SMARTS) is 1. The normalized spacial score (nSPS) is 18.8. The lowest BCUT2D eigenvalue weighted by Crippen LogP contribution is -2.60. The van der Waals surface area contributed by atoms with Crippen LogP contribution in [0.25, 0.3) is 0 Å². The van der Waals surface area contributed by atoms with Crippen molar-refractivity contribution in [3.63, 3.8) is 0 Å². The van der Waals surface area contributed by atoms with Crippen LogP contribution in [0.2, 0.25) is 0 Å². The number of aliphatic imine (C=N–C) groups is 1. The third-order valence-electron chi connectivity index (χ3n) is 6.82. The molecule has 0 spiro atoms. The summed E-state index contributed by atoms with van der Waals surface area (Å²) in [5.41, 5.74) is 6.09. The van der Waals surface area contributed by atoms with Crippen molar-refractivity contribution < 1.29 is 14.4 Å². The summed E-state index contributed by atoms with van der Waals surface area (Å²) in [6.07, 6.45) is 31.0. The summed E-state index contributed by atoms with van der Waals surface area (Å²) < 4.78 is 0.103. The zero-order chi connectivity index (χ0) is 24.2. The fourth-order valence-corrected chi connectivity index (χ4v) is 4.64. The molecule has 190 valence electrons. The van der Waals surface area contributed by atoms with Gasteiger partial charge in [-0.15, -0.1) is 0 Å². The van der Waals surface area contributed by atoms with Gasteiger partial charge in [0.1, 0.15) is 18.9 Å². The van der Waals surface area contributed by atoms with Gasteiger partial charge in [-0.3, -0.25) is 5.73 Å². The van der Waals surface area contributed by atoms with Gasteiger partial charge in [0.25, 0.3) is 0 Å². The number of amidine groups is 1. The number of carbonyl (C=O) groups excluding carboxylic acids is 1. The second-order valence-corrected chi connectivity index (χ2v) is 9.79. The van der Waals surface area contributed by atoms with E-state index in [1.165, 1.54) is 96.3 Å². The van der Waals surface area contributed by atoms with Crippen molar-refractivity contribution in [2.45, 2.75) is 136 Å². The van der Waals surface area contributed by atoms with Gasteiger partial charge in [-0.2, -0.15) is 0 Å². The lowest BCUT2D eigenvalue weighted by Gasteiger charge is -2.36. The van der Waals surface area contributed by atoms with Crippen molar-refractivity contribution in [1.82, 2.24) is 0 Å². The predicted molar refractivity (Wildman–Crippen MR) is 138 cm³/mol. The van der Waals surface area contributed by atoms with Gasteiger partial charge in [-0.25, -0.2) is 9.48 Å². The first kappa shape index (κ1) is 29.6. The van der Waals surface area contributed by atoms with Gasteiger partial charge >= 0.3 is 0 Å². The number of carboxylic acids is 1. The summed E-state index contributed by atoms with van der Waals surface area (Å²) >= 11 is 0. The van der Waals surface area contributed by atoms with Crippen LogP contribution in [0.5, 0.6) is 0 Å². The van der Waals surface area contributed by atoms with Crippen molar-refractivity contribution in [2.24, 2.45) is 10.7 Å². The molecule has 0 bridgehead atoms. The van der Waals surface area contributed by atoms with Gasteiger partial charge in [-0.05, 0) is 32.1 Å². The van der Waals surface area contributed by atoms with Crippen LogP contribution in [0.15, 0.2) is 29.5 Å². The number of nitrogens with zero attached hydrogens (tertiary/aromatic N) is 2. The summed E-state index contributed by atoms with van der Waals surface area (Å²) in [4.78, 5) is 15.6. The fourth-order valence-electron chi connectivity index (χ4n) is 4.64. The number of nitrogens with two attached hydrogens (primary N) is 1. The molecule has 0 aliphatic carbocycles. The Morgan fingerprint density at radius 2 is 1.39 bits per heavy atom. The van der Waals surface area contributed by atoms with E-state index in [-0.39, 0.29) is 17.2 Å². The Labute approximate surface area is 203 Å². The summed E-state index contributed by atoms with van der Waals surface area (Å²) in [6.45, 7) is 3.97. The second kappa shape index (κ2) is 18.9. The van der Waals surface area contributed by atoms with E-state index in [1.54, 1.807) is 12.4 Å². The molecule has 1 aliphatic heterocycles. The number of hydrogen-bond acceptors (Lipinski definition) is 4. The lowest BCUT2D eigenvalue weighted by molar-refractivity contribution is -0.808. The van der Waals surface area contributed by atoms with Gasteiger partial charge < -0.3 is 9.90 Å². The Hall–Kier alpha value is -1.46. The first-order valence-electron chi connectivity index (χ1n) is 13.8. The highest BCUT2D eigenvalue weighted by Crippen LogP contribution is 2.23. The van der Waals surface area contributed by atoms with Crippen LogP contribution in [0.4, 0.5) is 0 Å². The molecule has 0 fully saturated rings. The molecule has 0 saturated heterocycles. The minimum Gasteiger partial charge on any atom is -0.544 e. The third-order valence-corrected chi connectivity index (χ3v) is 6.82. The summed E-state index contributed by atoms with van der Waals surface area (Å²) in [5, 5.41) is 11.2. The Morgan fingerprint density at radius 3 is 1.88 bits per heavy atom. The monoisotopic (exact) mass is 461 g/mol. The molecular formula is C28H51N3O2. The van der Waals surface area contributed by atoms with Crippen LogP contribution in [0, 0.1) is 0 Å². The topological polar surface area (TPSA) is 78.5 Å². The van der Waals surface area contributed by atoms with Crippen molar-refractivity contribution in [2.75, 3.05) is 6.54 Å². The molecule has 1 aliphatic rings. The van der Waals surface area contributed by atoms with Crippen molar-refractivity contribution in [1.29, 1.82) is 0 Å². The van der Waals surface area contributed by atoms with Crippen LogP contribution in [-0.2, 0) is 4.79 Å². The summed E-state index contributed by atoms with van der Waals surface area (Å²) in [5.74, 6) is -0.239. The van der Waals surface area contributed by atoms with Crippen LogP contribution < -0.4 is 10.8 Å². The molecule has 0 aromatic heterocycles. The predicted octanol–water partition coefficient (Wildman–Crippen LogP) is 6.34. The van der Waals surface area contributed by atoms with E-state index in [1.807, 2.05) is 6.92 Å². The minimum atomic E-state index is -1.09. The first-order chi connectivity index (χ1) is 16.0. The molecule has 1 heterocycles. The fraction of sp³-hybridized carbons (Fsp3) is 0.786. The maximum Gasteiger partial charge on any atom is 0.209 e. The van der Waals surface area contributed by atoms with Crippen LogP contribution in [-0.4, -0.2) is 29.0 Å². The molecular weight excluding hydrogens is 410 g/mol. The molecule has 33 heavy (non-hydrogen) atoms. The maximum absolute atomic E-state index is 11.2. The highest BCUT2D eigenvalue weighted by molar-refractivity contribution is 5.81. The van der Waals surface area contributed by atoms with E-state index >= 15 is 0 Å². The smallest absolute Gasteiger partial charge is 0.209 e. The van der Waals surface area contributed by atoms with Gasteiger partial charge in [0, 0.05) is 13.3 Å². The molecule has 2 N–H and O–H groups in total. The van der Waals surface area contributed by atoms with E-state index < -0.39 is 5.97 Å². The Morgan fingerprint density at radius 1 is 0.909 bits per heavy atom. The first-order valence-corrected chi connectivity index (χ1v) is 13.8. The number of carbonyl (C=O) groups is 1. The van der Waals surface area contributed by atoms with E-state index in [4.69, 9.17) is 5.73 Å². The molecule has 0 radical (unpaired) electrons. The molecule has 0 aromatic carbocycles. The minimum absolute atomic E-state index is 0.103. The molecule has 0 saturated carbocycles. The standard InChI is InChI=1S/C28H51N3O2/c1-3-4-5-6-7-8-9-10-11-12-13-14-15-16-17-18-19-20-21-22-27-30-23-24-31(27,26(2)29)25-28(32)33/h14-15,23-24,26H,3-13,16-22,25,29H2,1-2H3/b15-14+. The summed E-state index contributed by atoms with van der Waals surface area (Å²) in [6, 6.07) is 0. The van der Waals surface area contributed by atoms with Crippen molar-refractivity contribution in [3.05, 3.63) is 24.6 Å². The second-order valence-electron chi connectivity index (χ2n) is 9.79. The molecule has 0 amide bonds. The van der Waals surface area contributed by atoms with E-state index in [0.29, 0.717) is 0 Å². The van der Waals surface area contributed by atoms with E-state index in [9.17, 15) is 9.90 Å². The summed E-state index contributed by atoms with van der Waals surface area (Å²) in [7, 11) is 0. The molecule has 1 rings (SSSR count). The van der Waals surface area contributed by atoms with Gasteiger partial charge in [0.15, 0.2) is 0 Å². The number of aliphatic carboxylic acids is 1. The number of unbranched alkanes of at least 4 members (excludes halogenated alkanes) is 15. The van der Waals surface area contributed by atoms with Crippen LogP contribution in [0.1, 0.15) is 129 Å². The van der Waals surface area contributed by atoms with Crippen LogP contribution in [0.3, 0.4) is 0 Å². The van der Waals surface area contributed by atoms with Crippen molar-refractivity contribution in [3.8, 4) is 0 Å². The maximum atomic E-state index is 11.2. The number of allylic oxidation sites excluding steroid dienone is 2. The van der Waals surface area contributed by atoms with E-state index in [2.05, 4.69) is 24.1 Å². The average Bonchev–Trinajstić information content (AvgIpc) is 3.18. The van der Waals surface area contributed by atoms with E-state index in [0.717, 1.165) is 25.1 Å². The zero-order valence-electron chi connectivity index (χ0n) is 21.6. The molecule has 5 nitrogen and oxygen atoms in total. The largest absolute Gasteiger partial charge is 0.544 e.